The van der Waals surface area contributed by atoms with E-state index in [9.17, 15) is 5.11 Å². The van der Waals surface area contributed by atoms with Crippen LogP contribution in [0.1, 0.15) is 31.9 Å². The summed E-state index contributed by atoms with van der Waals surface area (Å²) in [5.41, 5.74) is 1.97. The van der Waals surface area contributed by atoms with E-state index in [1.54, 1.807) is 0 Å². The molecule has 0 saturated heterocycles. The Morgan fingerprint density at radius 2 is 1.79 bits per heavy atom. The Bertz CT molecular complexity index is 404. The third-order valence-electron chi connectivity index (χ3n) is 2.71. The van der Waals surface area contributed by atoms with Gasteiger partial charge in [-0.15, -0.1) is 0 Å². The van der Waals surface area contributed by atoms with Crippen molar-refractivity contribution in [3.8, 4) is 5.75 Å². The van der Waals surface area contributed by atoms with Crippen LogP contribution in [0.3, 0.4) is 0 Å². The van der Waals surface area contributed by atoms with Crippen molar-refractivity contribution in [2.75, 3.05) is 13.2 Å². The maximum atomic E-state index is 9.90. The van der Waals surface area contributed by atoms with E-state index in [1.165, 1.54) is 0 Å². The SMILES string of the molecule is Cc1cc(Cl)cc(C)c1OC[C@H](O)CNC(C)(C)C. The number of aliphatic hydroxyl groups excluding tert-OH is 1. The predicted octanol–water partition coefficient (Wildman–Crippen LogP) is 3.08. The van der Waals surface area contributed by atoms with Gasteiger partial charge >= 0.3 is 0 Å². The Morgan fingerprint density at radius 1 is 1.26 bits per heavy atom. The van der Waals surface area contributed by atoms with Crippen LogP contribution in [-0.2, 0) is 0 Å². The molecule has 2 N–H and O–H groups in total. The summed E-state index contributed by atoms with van der Waals surface area (Å²) >= 11 is 5.97. The van der Waals surface area contributed by atoms with E-state index in [0.29, 0.717) is 11.6 Å². The molecule has 108 valence electrons. The Balaban J connectivity index is 2.53. The van der Waals surface area contributed by atoms with Crippen molar-refractivity contribution in [1.82, 2.24) is 5.32 Å². The molecule has 0 radical (unpaired) electrons. The van der Waals surface area contributed by atoms with Crippen molar-refractivity contribution >= 4 is 11.6 Å². The van der Waals surface area contributed by atoms with E-state index in [0.717, 1.165) is 16.9 Å². The summed E-state index contributed by atoms with van der Waals surface area (Å²) in [7, 11) is 0. The first-order valence-corrected chi connectivity index (χ1v) is 6.89. The van der Waals surface area contributed by atoms with Crippen molar-refractivity contribution in [2.24, 2.45) is 0 Å². The highest BCUT2D eigenvalue weighted by Crippen LogP contribution is 2.27. The van der Waals surface area contributed by atoms with Gasteiger partial charge in [0.15, 0.2) is 0 Å². The number of halogens is 1. The number of aryl methyl sites for hydroxylation is 2. The molecule has 0 fully saturated rings. The van der Waals surface area contributed by atoms with E-state index in [2.05, 4.69) is 26.1 Å². The molecule has 1 aromatic rings. The zero-order valence-corrected chi connectivity index (χ0v) is 13.1. The van der Waals surface area contributed by atoms with Crippen LogP contribution in [0.25, 0.3) is 0 Å². The highest BCUT2D eigenvalue weighted by atomic mass is 35.5. The lowest BCUT2D eigenvalue weighted by Crippen LogP contribution is -2.42. The van der Waals surface area contributed by atoms with Gasteiger partial charge in [-0.25, -0.2) is 0 Å². The lowest BCUT2D eigenvalue weighted by molar-refractivity contribution is 0.0994. The Morgan fingerprint density at radius 3 is 2.26 bits per heavy atom. The molecule has 0 unspecified atom stereocenters. The fourth-order valence-corrected chi connectivity index (χ4v) is 2.11. The molecule has 0 aliphatic rings. The molecule has 0 aliphatic carbocycles. The van der Waals surface area contributed by atoms with Gasteiger partial charge in [-0.2, -0.15) is 0 Å². The summed E-state index contributed by atoms with van der Waals surface area (Å²) in [6.07, 6.45) is -0.534. The first-order chi connectivity index (χ1) is 8.69. The topological polar surface area (TPSA) is 41.5 Å². The standard InChI is InChI=1S/C15H24ClNO2/c1-10-6-12(16)7-11(2)14(10)19-9-13(18)8-17-15(3,4)5/h6-7,13,17-18H,8-9H2,1-5H3/t13-/m1/s1. The van der Waals surface area contributed by atoms with E-state index in [1.807, 2.05) is 26.0 Å². The average molecular weight is 286 g/mol. The van der Waals surface area contributed by atoms with Crippen LogP contribution in [0.15, 0.2) is 12.1 Å². The molecule has 1 aromatic carbocycles. The molecular formula is C15H24ClNO2. The second-order valence-electron chi connectivity index (χ2n) is 5.96. The van der Waals surface area contributed by atoms with Crippen molar-refractivity contribution in [1.29, 1.82) is 0 Å². The molecule has 0 amide bonds. The fourth-order valence-electron chi connectivity index (χ4n) is 1.79. The summed E-state index contributed by atoms with van der Waals surface area (Å²) < 4.78 is 5.70. The van der Waals surface area contributed by atoms with Gasteiger partial charge in [0.05, 0.1) is 0 Å². The third kappa shape index (κ3) is 5.81. The lowest BCUT2D eigenvalue weighted by Gasteiger charge is -2.23. The molecule has 0 aliphatic heterocycles. The van der Waals surface area contributed by atoms with Crippen molar-refractivity contribution in [3.05, 3.63) is 28.3 Å². The molecule has 19 heavy (non-hydrogen) atoms. The van der Waals surface area contributed by atoms with E-state index in [-0.39, 0.29) is 12.1 Å². The molecule has 0 saturated carbocycles. The van der Waals surface area contributed by atoms with E-state index in [4.69, 9.17) is 16.3 Å². The highest BCUT2D eigenvalue weighted by Gasteiger charge is 2.13. The zero-order chi connectivity index (χ0) is 14.6. The van der Waals surface area contributed by atoms with Crippen LogP contribution < -0.4 is 10.1 Å². The number of nitrogens with one attached hydrogen (secondary N) is 1. The quantitative estimate of drug-likeness (QED) is 0.873. The van der Waals surface area contributed by atoms with Gasteiger partial charge in [-0.05, 0) is 57.9 Å². The summed E-state index contributed by atoms with van der Waals surface area (Å²) in [5, 5.41) is 13.8. The number of aliphatic hydroxyl groups is 1. The molecule has 0 heterocycles. The van der Waals surface area contributed by atoms with Crippen LogP contribution in [-0.4, -0.2) is 29.9 Å². The van der Waals surface area contributed by atoms with Crippen molar-refractivity contribution in [3.63, 3.8) is 0 Å². The molecular weight excluding hydrogens is 262 g/mol. The number of rotatable bonds is 5. The van der Waals surface area contributed by atoms with E-state index >= 15 is 0 Å². The normalized spacial score (nSPS) is 13.4. The van der Waals surface area contributed by atoms with Crippen LogP contribution >= 0.6 is 11.6 Å². The van der Waals surface area contributed by atoms with Gasteiger partial charge in [0.25, 0.3) is 0 Å². The summed E-state index contributed by atoms with van der Waals surface area (Å²) in [6.45, 7) is 10.9. The molecule has 0 spiro atoms. The number of benzene rings is 1. The number of ether oxygens (including phenoxy) is 1. The predicted molar refractivity (Wildman–Crippen MR) is 80.2 cm³/mol. The largest absolute Gasteiger partial charge is 0.490 e. The Labute approximate surface area is 120 Å². The van der Waals surface area contributed by atoms with Gasteiger partial charge in [-0.1, -0.05) is 11.6 Å². The zero-order valence-electron chi connectivity index (χ0n) is 12.4. The minimum Gasteiger partial charge on any atom is -0.490 e. The molecule has 1 atom stereocenters. The summed E-state index contributed by atoms with van der Waals surface area (Å²) in [4.78, 5) is 0. The van der Waals surface area contributed by atoms with Gasteiger partial charge in [0.1, 0.15) is 18.5 Å². The molecule has 0 aromatic heterocycles. The van der Waals surface area contributed by atoms with Gasteiger partial charge in [-0.3, -0.25) is 0 Å². The first kappa shape index (κ1) is 16.3. The minimum atomic E-state index is -0.534. The lowest BCUT2D eigenvalue weighted by atomic mass is 10.1. The van der Waals surface area contributed by atoms with Gasteiger partial charge in [0.2, 0.25) is 0 Å². The number of β-amino-alcohol motifs (C(OH)–C–C–N with tert-alkyl or cyclic N) is 1. The Hall–Kier alpha value is -0.770. The minimum absolute atomic E-state index is 0.00686. The van der Waals surface area contributed by atoms with Crippen LogP contribution in [0, 0.1) is 13.8 Å². The Kier molecular flexibility index (Phi) is 5.65. The summed E-state index contributed by atoms with van der Waals surface area (Å²) in [6, 6.07) is 3.73. The highest BCUT2D eigenvalue weighted by molar-refractivity contribution is 6.30. The van der Waals surface area contributed by atoms with Crippen LogP contribution in [0.2, 0.25) is 5.02 Å². The second-order valence-corrected chi connectivity index (χ2v) is 6.40. The maximum absolute atomic E-state index is 9.90. The van der Waals surface area contributed by atoms with Gasteiger partial charge < -0.3 is 15.2 Å². The van der Waals surface area contributed by atoms with Gasteiger partial charge in [0, 0.05) is 17.1 Å². The number of hydrogen-bond acceptors (Lipinski definition) is 3. The fraction of sp³-hybridized carbons (Fsp3) is 0.600. The second kappa shape index (κ2) is 6.60. The monoisotopic (exact) mass is 285 g/mol. The van der Waals surface area contributed by atoms with Crippen molar-refractivity contribution in [2.45, 2.75) is 46.3 Å². The van der Waals surface area contributed by atoms with Crippen molar-refractivity contribution < 1.29 is 9.84 Å². The molecule has 4 heteroatoms. The first-order valence-electron chi connectivity index (χ1n) is 6.51. The molecule has 3 nitrogen and oxygen atoms in total. The molecule has 0 bridgehead atoms. The van der Waals surface area contributed by atoms with Crippen LogP contribution in [0.5, 0.6) is 5.75 Å². The summed E-state index contributed by atoms with van der Waals surface area (Å²) in [5.74, 6) is 0.805. The third-order valence-corrected chi connectivity index (χ3v) is 2.93. The van der Waals surface area contributed by atoms with Crippen LogP contribution in [0.4, 0.5) is 0 Å². The number of hydrogen-bond donors (Lipinski definition) is 2. The average Bonchev–Trinajstić information content (AvgIpc) is 2.23. The van der Waals surface area contributed by atoms with E-state index < -0.39 is 6.10 Å². The smallest absolute Gasteiger partial charge is 0.125 e. The maximum Gasteiger partial charge on any atom is 0.125 e. The molecule has 1 rings (SSSR count).